The average Bonchev–Trinajstić information content (AvgIpc) is 2.97. The third kappa shape index (κ3) is 13.3. The van der Waals surface area contributed by atoms with Gasteiger partial charge in [0.1, 0.15) is 12.4 Å². The van der Waals surface area contributed by atoms with Gasteiger partial charge in [-0.05, 0) is 12.1 Å². The van der Waals surface area contributed by atoms with Crippen molar-refractivity contribution in [2.45, 2.75) is 6.61 Å². The second-order valence-electron chi connectivity index (χ2n) is 3.56. The third-order valence-electron chi connectivity index (χ3n) is 1.90. The summed E-state index contributed by atoms with van der Waals surface area (Å²) in [5.41, 5.74) is 0. The maximum absolute atomic E-state index is 8.26. The van der Waals surface area contributed by atoms with Crippen molar-refractivity contribution in [2.75, 3.05) is 46.2 Å². The van der Waals surface area contributed by atoms with Gasteiger partial charge in [-0.25, -0.2) is 0 Å². The van der Waals surface area contributed by atoms with Gasteiger partial charge in [-0.15, -0.1) is 6.58 Å². The van der Waals surface area contributed by atoms with E-state index >= 15 is 0 Å². The molecule has 20 heavy (non-hydrogen) atoms. The number of hydrogen-bond acceptors (Lipinski definition) is 6. The van der Waals surface area contributed by atoms with E-state index in [1.165, 1.54) is 0 Å². The molecule has 6 nitrogen and oxygen atoms in total. The standard InChI is InChI=1S/C8H10O2.C6H14O4/c1-2-5-9-7-8-4-3-6-10-8;7-1-3-9-5-6-10-4-2-8/h2-4,6H,1,5,7H2;7-8H,1-6H2. The van der Waals surface area contributed by atoms with Crippen LogP contribution in [0.25, 0.3) is 0 Å². The number of ether oxygens (including phenoxy) is 3. The van der Waals surface area contributed by atoms with Crippen LogP contribution >= 0.6 is 0 Å². The maximum Gasteiger partial charge on any atom is 0.129 e. The summed E-state index contributed by atoms with van der Waals surface area (Å²) < 4.78 is 19.9. The Bertz CT molecular complexity index is 278. The SMILES string of the molecule is C=CCOCc1ccco1.OCCOCCOCCO. The summed E-state index contributed by atoms with van der Waals surface area (Å²) in [6.45, 7) is 6.35. The first kappa shape index (κ1) is 18.8. The number of aliphatic hydroxyl groups excluding tert-OH is 2. The Kier molecular flexibility index (Phi) is 14.9. The van der Waals surface area contributed by atoms with Crippen LogP contribution < -0.4 is 0 Å². The van der Waals surface area contributed by atoms with Crippen molar-refractivity contribution in [2.24, 2.45) is 0 Å². The summed E-state index contributed by atoms with van der Waals surface area (Å²) in [4.78, 5) is 0. The quantitative estimate of drug-likeness (QED) is 0.467. The highest BCUT2D eigenvalue weighted by atomic mass is 16.5. The molecular formula is C14H24O6. The van der Waals surface area contributed by atoms with Gasteiger partial charge in [0.2, 0.25) is 0 Å². The number of aliphatic hydroxyl groups is 2. The predicted molar refractivity (Wildman–Crippen MR) is 74.4 cm³/mol. The summed E-state index contributed by atoms with van der Waals surface area (Å²) in [5, 5.41) is 16.5. The Morgan fingerprint density at radius 1 is 1.05 bits per heavy atom. The molecule has 1 rings (SSSR count). The van der Waals surface area contributed by atoms with Crippen molar-refractivity contribution in [1.82, 2.24) is 0 Å². The lowest BCUT2D eigenvalue weighted by Gasteiger charge is -2.01. The fraction of sp³-hybridized carbons (Fsp3) is 0.571. The first-order valence-electron chi connectivity index (χ1n) is 6.43. The summed E-state index contributed by atoms with van der Waals surface area (Å²) in [6.07, 6.45) is 3.34. The molecular weight excluding hydrogens is 264 g/mol. The van der Waals surface area contributed by atoms with Crippen molar-refractivity contribution in [1.29, 1.82) is 0 Å². The fourth-order valence-electron chi connectivity index (χ4n) is 1.09. The monoisotopic (exact) mass is 288 g/mol. The molecule has 1 aromatic rings. The van der Waals surface area contributed by atoms with Crippen LogP contribution in [-0.4, -0.2) is 56.5 Å². The molecule has 0 aliphatic carbocycles. The lowest BCUT2D eigenvalue weighted by molar-refractivity contribution is 0.0222. The van der Waals surface area contributed by atoms with Gasteiger partial charge in [0, 0.05) is 0 Å². The van der Waals surface area contributed by atoms with Crippen LogP contribution in [0.3, 0.4) is 0 Å². The van der Waals surface area contributed by atoms with E-state index in [4.69, 9.17) is 28.8 Å². The third-order valence-corrected chi connectivity index (χ3v) is 1.90. The second-order valence-corrected chi connectivity index (χ2v) is 3.56. The first-order valence-corrected chi connectivity index (χ1v) is 6.43. The van der Waals surface area contributed by atoms with E-state index in [1.807, 2.05) is 12.1 Å². The molecule has 6 heteroatoms. The largest absolute Gasteiger partial charge is 0.467 e. The van der Waals surface area contributed by atoms with Crippen molar-refractivity contribution < 1.29 is 28.8 Å². The number of rotatable bonds is 11. The van der Waals surface area contributed by atoms with Crippen LogP contribution in [-0.2, 0) is 20.8 Å². The summed E-state index contributed by atoms with van der Waals surface area (Å²) in [5.74, 6) is 0.849. The lowest BCUT2D eigenvalue weighted by atomic mass is 10.5. The maximum atomic E-state index is 8.26. The van der Waals surface area contributed by atoms with Gasteiger partial charge >= 0.3 is 0 Å². The van der Waals surface area contributed by atoms with Gasteiger partial charge in [-0.2, -0.15) is 0 Å². The van der Waals surface area contributed by atoms with Crippen LogP contribution in [0.5, 0.6) is 0 Å². The van der Waals surface area contributed by atoms with Gasteiger partial charge in [-0.1, -0.05) is 6.08 Å². The molecule has 0 fully saturated rings. The molecule has 0 spiro atoms. The minimum absolute atomic E-state index is 0.0417. The molecule has 0 saturated carbocycles. The lowest BCUT2D eigenvalue weighted by Crippen LogP contribution is -2.09. The molecule has 0 saturated heterocycles. The van der Waals surface area contributed by atoms with Gasteiger partial charge < -0.3 is 28.8 Å². The Morgan fingerprint density at radius 3 is 2.15 bits per heavy atom. The Balaban J connectivity index is 0.000000361. The highest BCUT2D eigenvalue weighted by Crippen LogP contribution is 2.00. The van der Waals surface area contributed by atoms with E-state index < -0.39 is 0 Å². The highest BCUT2D eigenvalue weighted by Gasteiger charge is 1.91. The molecule has 116 valence electrons. The van der Waals surface area contributed by atoms with E-state index in [0.29, 0.717) is 39.6 Å². The zero-order valence-electron chi connectivity index (χ0n) is 11.7. The minimum atomic E-state index is 0.0417. The number of furan rings is 1. The summed E-state index contributed by atoms with van der Waals surface area (Å²) in [7, 11) is 0. The Hall–Kier alpha value is -1.18. The summed E-state index contributed by atoms with van der Waals surface area (Å²) >= 11 is 0. The van der Waals surface area contributed by atoms with Gasteiger partial charge in [0.15, 0.2) is 0 Å². The van der Waals surface area contributed by atoms with Crippen molar-refractivity contribution in [3.63, 3.8) is 0 Å². The fourth-order valence-corrected chi connectivity index (χ4v) is 1.09. The van der Waals surface area contributed by atoms with Crippen molar-refractivity contribution in [3.05, 3.63) is 36.8 Å². The Labute approximate surface area is 119 Å². The smallest absolute Gasteiger partial charge is 0.129 e. The van der Waals surface area contributed by atoms with Gasteiger partial charge in [0.05, 0.1) is 52.5 Å². The van der Waals surface area contributed by atoms with Crippen LogP contribution in [0, 0.1) is 0 Å². The van der Waals surface area contributed by atoms with E-state index in [2.05, 4.69) is 6.58 Å². The van der Waals surface area contributed by atoms with E-state index in [-0.39, 0.29) is 13.2 Å². The molecule has 0 unspecified atom stereocenters. The molecule has 0 atom stereocenters. The average molecular weight is 288 g/mol. The van der Waals surface area contributed by atoms with E-state index in [1.54, 1.807) is 12.3 Å². The molecule has 0 aliphatic rings. The molecule has 1 heterocycles. The zero-order chi connectivity index (χ0) is 14.9. The molecule has 0 radical (unpaired) electrons. The molecule has 0 aromatic carbocycles. The van der Waals surface area contributed by atoms with E-state index in [9.17, 15) is 0 Å². The topological polar surface area (TPSA) is 81.3 Å². The normalized spacial score (nSPS) is 9.90. The molecule has 2 N–H and O–H groups in total. The Morgan fingerprint density at radius 2 is 1.70 bits per heavy atom. The van der Waals surface area contributed by atoms with Crippen LogP contribution in [0.15, 0.2) is 35.5 Å². The van der Waals surface area contributed by atoms with Gasteiger partial charge in [0.25, 0.3) is 0 Å². The first-order chi connectivity index (χ1) is 9.85. The zero-order valence-corrected chi connectivity index (χ0v) is 11.7. The molecule has 1 aromatic heterocycles. The highest BCUT2D eigenvalue weighted by molar-refractivity contribution is 4.96. The minimum Gasteiger partial charge on any atom is -0.467 e. The van der Waals surface area contributed by atoms with Crippen LogP contribution in [0.2, 0.25) is 0 Å². The summed E-state index contributed by atoms with van der Waals surface area (Å²) in [6, 6.07) is 3.72. The second kappa shape index (κ2) is 15.9. The van der Waals surface area contributed by atoms with Gasteiger partial charge in [-0.3, -0.25) is 0 Å². The molecule has 0 aliphatic heterocycles. The number of hydrogen-bond donors (Lipinski definition) is 2. The van der Waals surface area contributed by atoms with Crippen molar-refractivity contribution >= 4 is 0 Å². The van der Waals surface area contributed by atoms with Crippen LogP contribution in [0.4, 0.5) is 0 Å². The van der Waals surface area contributed by atoms with Crippen molar-refractivity contribution in [3.8, 4) is 0 Å². The van der Waals surface area contributed by atoms with Crippen LogP contribution in [0.1, 0.15) is 5.76 Å². The molecule has 0 amide bonds. The van der Waals surface area contributed by atoms with E-state index in [0.717, 1.165) is 5.76 Å². The molecule has 0 bridgehead atoms. The predicted octanol–water partition coefficient (Wildman–Crippen LogP) is 0.986.